The van der Waals surface area contributed by atoms with Crippen LogP contribution >= 0.6 is 11.3 Å². The molecule has 19 heteroatoms. The van der Waals surface area contributed by atoms with E-state index in [1.165, 1.54) is 68.4 Å². The molecular weight excluding hydrogens is 1480 g/mol. The van der Waals surface area contributed by atoms with Gasteiger partial charge in [-0.3, -0.25) is 29.6 Å². The average molecular weight is 1610 g/mol. The SMILES string of the molecule is CC(C)c1cc(-c2cnco2)ccn1.CC(C)c1cccc(-c2cccnc2)n1.CC(C)c1cccc(-c2cnco2)c1.CC(C)c1cccc(-c2cnco2)n1.CC(C)c1ccccc1F.CC(C)c1ccccn1.CC(C)c1cccnc1.CC(C)c1ccncn1.CCn1ncc2c(C(C)C)cccc21.Cc1nc(C(C)C)sc1C. The molecule has 15 rings (SSSR count). The van der Waals surface area contributed by atoms with Crippen LogP contribution in [0, 0.1) is 19.7 Å². The van der Waals surface area contributed by atoms with E-state index < -0.39 is 0 Å². The Balaban J connectivity index is 0.000000205. The Morgan fingerprint density at radius 1 is 0.356 bits per heavy atom. The van der Waals surface area contributed by atoms with E-state index in [-0.39, 0.29) is 11.7 Å². The minimum Gasteiger partial charge on any atom is -0.444 e. The van der Waals surface area contributed by atoms with Crippen LogP contribution in [0.5, 0.6) is 0 Å². The average Bonchev–Trinajstić information content (AvgIpc) is 1.66. The number of aryl methyl sites for hydroxylation is 3. The lowest BCUT2D eigenvalue weighted by Crippen LogP contribution is -1.95. The third kappa shape index (κ3) is 32.4. The summed E-state index contributed by atoms with van der Waals surface area (Å²) in [5, 5.41) is 6.93. The van der Waals surface area contributed by atoms with Crippen molar-refractivity contribution in [3.8, 4) is 45.4 Å². The Hall–Kier alpha value is -11.7. The zero-order valence-corrected chi connectivity index (χ0v) is 74.3. The number of nitrogens with zero attached hydrogens (tertiary/aromatic N) is 14. The van der Waals surface area contributed by atoms with E-state index >= 15 is 0 Å². The fourth-order valence-electron chi connectivity index (χ4n) is 11.0. The Kier molecular flexibility index (Phi) is 40.9. The van der Waals surface area contributed by atoms with Gasteiger partial charge in [-0.2, -0.15) is 5.10 Å². The van der Waals surface area contributed by atoms with Crippen molar-refractivity contribution in [1.82, 2.24) is 69.6 Å². The van der Waals surface area contributed by atoms with Crippen molar-refractivity contribution in [3.05, 3.63) is 330 Å². The first kappa shape index (κ1) is 95.1. The Morgan fingerprint density at radius 2 is 0.864 bits per heavy atom. The summed E-state index contributed by atoms with van der Waals surface area (Å²) in [6.45, 7) is 50.0. The van der Waals surface area contributed by atoms with Crippen LogP contribution in [0.2, 0.25) is 0 Å². The van der Waals surface area contributed by atoms with Gasteiger partial charge in [0, 0.05) is 111 Å². The topological polar surface area (TPSA) is 212 Å². The van der Waals surface area contributed by atoms with Crippen molar-refractivity contribution in [2.45, 2.75) is 225 Å². The van der Waals surface area contributed by atoms with Crippen LogP contribution in [0.15, 0.2) is 271 Å². The summed E-state index contributed by atoms with van der Waals surface area (Å²) in [7, 11) is 0. The minimum absolute atomic E-state index is 0.0995. The lowest BCUT2D eigenvalue weighted by atomic mass is 10.00. The first-order chi connectivity index (χ1) is 56.6. The Morgan fingerprint density at radius 3 is 1.31 bits per heavy atom. The lowest BCUT2D eigenvalue weighted by Gasteiger charge is -2.06. The molecule has 0 unspecified atom stereocenters. The van der Waals surface area contributed by atoms with Gasteiger partial charge in [-0.1, -0.05) is 211 Å². The molecule has 0 amide bonds. The molecule has 0 N–H and O–H groups in total. The van der Waals surface area contributed by atoms with Crippen LogP contribution in [-0.4, -0.2) is 69.6 Å². The molecule has 15 aromatic rings. The van der Waals surface area contributed by atoms with E-state index in [9.17, 15) is 4.39 Å². The molecule has 118 heavy (non-hydrogen) atoms. The molecule has 0 bridgehead atoms. The van der Waals surface area contributed by atoms with Crippen molar-refractivity contribution in [3.63, 3.8) is 0 Å². The maximum absolute atomic E-state index is 12.8. The molecule has 17 nitrogen and oxygen atoms in total. The third-order valence-corrected chi connectivity index (χ3v) is 19.6. The molecule has 0 aliphatic carbocycles. The highest BCUT2D eigenvalue weighted by atomic mass is 32.1. The zero-order chi connectivity index (χ0) is 86.1. The highest BCUT2D eigenvalue weighted by Gasteiger charge is 2.13. The molecule has 0 spiro atoms. The van der Waals surface area contributed by atoms with Gasteiger partial charge in [0.2, 0.25) is 0 Å². The summed E-state index contributed by atoms with van der Waals surface area (Å²) in [4.78, 5) is 51.0. The van der Waals surface area contributed by atoms with Crippen molar-refractivity contribution in [1.29, 1.82) is 0 Å². The smallest absolute Gasteiger partial charge is 0.181 e. The number of fused-ring (bicyclic) bond motifs is 1. The molecule has 12 aromatic heterocycles. The summed E-state index contributed by atoms with van der Waals surface area (Å²) < 4.78 is 30.5. The number of aromatic nitrogens is 14. The van der Waals surface area contributed by atoms with Crippen molar-refractivity contribution in [2.24, 2.45) is 0 Å². The lowest BCUT2D eigenvalue weighted by molar-refractivity contribution is 0.569. The Labute approximate surface area is 705 Å². The quantitative estimate of drug-likeness (QED) is 0.0933. The van der Waals surface area contributed by atoms with Crippen molar-refractivity contribution in [2.75, 3.05) is 0 Å². The number of halogens is 1. The van der Waals surface area contributed by atoms with Gasteiger partial charge in [0.05, 0.1) is 46.7 Å². The predicted octanol–water partition coefficient (Wildman–Crippen LogP) is 27.5. The van der Waals surface area contributed by atoms with Crippen LogP contribution in [0.3, 0.4) is 0 Å². The summed E-state index contributed by atoms with van der Waals surface area (Å²) in [5.74, 6) is 7.16. The van der Waals surface area contributed by atoms with Crippen LogP contribution in [0.1, 0.15) is 271 Å². The van der Waals surface area contributed by atoms with E-state index in [4.69, 9.17) is 13.3 Å². The summed E-state index contributed by atoms with van der Waals surface area (Å²) in [6, 6.07) is 53.6. The second-order valence-electron chi connectivity index (χ2n) is 31.0. The molecular formula is C99H123FN14O3S. The van der Waals surface area contributed by atoms with Gasteiger partial charge in [0.25, 0.3) is 0 Å². The van der Waals surface area contributed by atoms with Crippen molar-refractivity contribution >= 4 is 22.2 Å². The predicted molar refractivity (Wildman–Crippen MR) is 484 cm³/mol. The third-order valence-electron chi connectivity index (χ3n) is 18.3. The molecule has 0 aliphatic rings. The van der Waals surface area contributed by atoms with Crippen LogP contribution in [-0.2, 0) is 6.54 Å². The monoisotopic (exact) mass is 1610 g/mol. The first-order valence-corrected chi connectivity index (χ1v) is 41.6. The van der Waals surface area contributed by atoms with Crippen molar-refractivity contribution < 1.29 is 17.6 Å². The highest BCUT2D eigenvalue weighted by molar-refractivity contribution is 7.11. The van der Waals surface area contributed by atoms with Gasteiger partial charge in [-0.25, -0.2) is 39.3 Å². The summed E-state index contributed by atoms with van der Waals surface area (Å²) in [6.07, 6.45) is 25.7. The number of hydrogen-bond donors (Lipinski definition) is 0. The molecule has 620 valence electrons. The van der Waals surface area contributed by atoms with Gasteiger partial charge in [0.15, 0.2) is 36.5 Å². The standard InChI is InChI=1S/C13H14N2.C12H16N2.C12H13NO.2C11H12N2O.C9H11F.C8H13NS.2C8H11N.C7H10N2/c1-10(2)12-6-3-7-13(15-12)11-5-4-8-14-9-11;1-4-14-12-7-5-6-10(9(2)3)11(12)8-13-14;1-9(2)10-4-3-5-11(6-10)12-7-13-8-14-12;1-8(2)10-5-9(3-4-13-10)11-6-12-7-14-11;1-8(2)9-4-3-5-10(13-9)11-6-12-7-14-11;1-7(2)8-5-3-4-6-9(8)10;1-5(2)8-9-6(3)7(4)10-8;1-7(2)8-4-3-5-9-6-8;1-7(2)8-5-3-4-6-9-8;1-6(2)7-3-4-8-5-9-7/h3-10H,1-2H3;5-9H,4H2,1-3H3;3-9H,1-2H3;2*3-8H,1-2H3;3-7H,1-2H3;5H,1-4H3;2*3-7H,1-2H3;3-6H,1-2H3. The second kappa shape index (κ2) is 50.7. The molecule has 0 saturated heterocycles. The van der Waals surface area contributed by atoms with E-state index in [0.717, 1.165) is 80.2 Å². The van der Waals surface area contributed by atoms with Gasteiger partial charge in [-0.05, 0) is 187 Å². The van der Waals surface area contributed by atoms with E-state index in [2.05, 4.69) is 253 Å². The molecule has 0 aliphatic heterocycles. The van der Waals surface area contributed by atoms with Gasteiger partial charge < -0.3 is 13.3 Å². The van der Waals surface area contributed by atoms with Crippen LogP contribution < -0.4 is 0 Å². The second-order valence-corrected chi connectivity index (χ2v) is 32.2. The van der Waals surface area contributed by atoms with Gasteiger partial charge >= 0.3 is 0 Å². The molecule has 12 heterocycles. The Bertz CT molecular complexity index is 4850. The number of oxazole rings is 3. The summed E-state index contributed by atoms with van der Waals surface area (Å²) >= 11 is 1.81. The first-order valence-electron chi connectivity index (χ1n) is 40.8. The maximum atomic E-state index is 12.8. The molecule has 0 radical (unpaired) electrons. The fraction of sp³-hybridized carbons (Fsp3) is 0.343. The van der Waals surface area contributed by atoms with Gasteiger partial charge in [-0.15, -0.1) is 11.3 Å². The number of benzene rings is 3. The van der Waals surface area contributed by atoms with E-state index in [1.807, 2.05) is 164 Å². The number of thiazole rings is 1. The maximum Gasteiger partial charge on any atom is 0.181 e. The van der Waals surface area contributed by atoms with Gasteiger partial charge in [0.1, 0.15) is 17.8 Å². The highest BCUT2D eigenvalue weighted by Crippen LogP contribution is 2.29. The largest absolute Gasteiger partial charge is 0.444 e. The number of rotatable bonds is 15. The summed E-state index contributed by atoms with van der Waals surface area (Å²) in [5.41, 5.74) is 17.8. The normalized spacial score (nSPS) is 10.7. The molecule has 0 atom stereocenters. The van der Waals surface area contributed by atoms with Crippen LogP contribution in [0.4, 0.5) is 4.39 Å². The zero-order valence-electron chi connectivity index (χ0n) is 73.5. The van der Waals surface area contributed by atoms with Crippen LogP contribution in [0.25, 0.3) is 56.3 Å². The fourth-order valence-corrected chi connectivity index (χ4v) is 12.0. The van der Waals surface area contributed by atoms with E-state index in [1.54, 1.807) is 55.8 Å². The molecule has 3 aromatic carbocycles. The molecule has 0 fully saturated rings. The minimum atomic E-state index is -0.0995. The molecule has 0 saturated carbocycles. The number of hydrogen-bond acceptors (Lipinski definition) is 17. The van der Waals surface area contributed by atoms with E-state index in [0.29, 0.717) is 59.0 Å². The number of pyridine rings is 6.